The second-order valence-corrected chi connectivity index (χ2v) is 7.11. The first-order chi connectivity index (χ1) is 13.1. The van der Waals surface area contributed by atoms with Gasteiger partial charge in [-0.1, -0.05) is 29.3 Å². The topological polar surface area (TPSA) is 79.9 Å². The van der Waals surface area contributed by atoms with Crippen LogP contribution in [0.3, 0.4) is 0 Å². The first-order valence-corrected chi connectivity index (χ1v) is 9.22. The summed E-state index contributed by atoms with van der Waals surface area (Å²) in [6.07, 6.45) is 1.79. The van der Waals surface area contributed by atoms with Crippen LogP contribution in [0.4, 0.5) is 5.69 Å². The molecule has 0 aliphatic carbocycles. The van der Waals surface area contributed by atoms with E-state index in [-0.39, 0.29) is 12.5 Å². The SMILES string of the molecule is O=C1CCc2cc(OCc3nnc(Cc4ccc(Cl)c(Cl)c4)[nH]3)ccc2N1. The van der Waals surface area contributed by atoms with Crippen molar-refractivity contribution in [3.8, 4) is 5.75 Å². The molecule has 1 amide bonds. The lowest BCUT2D eigenvalue weighted by Crippen LogP contribution is -2.18. The first-order valence-electron chi connectivity index (χ1n) is 8.47. The zero-order chi connectivity index (χ0) is 18.8. The third kappa shape index (κ3) is 4.23. The Balaban J connectivity index is 1.38. The van der Waals surface area contributed by atoms with Gasteiger partial charge in [-0.25, -0.2) is 0 Å². The van der Waals surface area contributed by atoms with E-state index >= 15 is 0 Å². The van der Waals surface area contributed by atoms with E-state index in [2.05, 4.69) is 20.5 Å². The summed E-state index contributed by atoms with van der Waals surface area (Å²) >= 11 is 12.0. The van der Waals surface area contributed by atoms with Crippen LogP contribution in [0.15, 0.2) is 36.4 Å². The number of benzene rings is 2. The van der Waals surface area contributed by atoms with Crippen molar-refractivity contribution in [2.45, 2.75) is 25.9 Å². The molecule has 8 heteroatoms. The fraction of sp³-hybridized carbons (Fsp3) is 0.211. The average Bonchev–Trinajstić information content (AvgIpc) is 3.10. The van der Waals surface area contributed by atoms with Crippen LogP contribution in [0.2, 0.25) is 10.0 Å². The molecule has 0 bridgehead atoms. The van der Waals surface area contributed by atoms with Crippen molar-refractivity contribution in [3.63, 3.8) is 0 Å². The van der Waals surface area contributed by atoms with Gasteiger partial charge in [0.05, 0.1) is 10.0 Å². The number of rotatable bonds is 5. The normalized spacial score (nSPS) is 13.2. The van der Waals surface area contributed by atoms with Gasteiger partial charge in [0.1, 0.15) is 18.2 Å². The highest BCUT2D eigenvalue weighted by Crippen LogP contribution is 2.27. The van der Waals surface area contributed by atoms with Gasteiger partial charge < -0.3 is 15.0 Å². The van der Waals surface area contributed by atoms with Crippen LogP contribution in [0.1, 0.15) is 29.2 Å². The Morgan fingerprint density at radius 2 is 1.85 bits per heavy atom. The van der Waals surface area contributed by atoms with Crippen LogP contribution in [0.25, 0.3) is 0 Å². The summed E-state index contributed by atoms with van der Waals surface area (Å²) in [5, 5.41) is 12.2. The number of anilines is 1. The van der Waals surface area contributed by atoms with E-state index < -0.39 is 0 Å². The van der Waals surface area contributed by atoms with Gasteiger partial charge in [-0.2, -0.15) is 0 Å². The zero-order valence-electron chi connectivity index (χ0n) is 14.3. The van der Waals surface area contributed by atoms with E-state index in [4.69, 9.17) is 27.9 Å². The van der Waals surface area contributed by atoms with Gasteiger partial charge in [0, 0.05) is 18.5 Å². The molecular weight excluding hydrogens is 387 g/mol. The summed E-state index contributed by atoms with van der Waals surface area (Å²) in [4.78, 5) is 14.6. The van der Waals surface area contributed by atoms with Crippen molar-refractivity contribution >= 4 is 34.8 Å². The monoisotopic (exact) mass is 402 g/mol. The highest BCUT2D eigenvalue weighted by Gasteiger charge is 2.15. The molecular formula is C19H16Cl2N4O2. The Morgan fingerprint density at radius 3 is 2.70 bits per heavy atom. The second-order valence-electron chi connectivity index (χ2n) is 6.30. The number of carbonyl (C=O) groups is 1. The maximum Gasteiger partial charge on any atom is 0.224 e. The lowest BCUT2D eigenvalue weighted by molar-refractivity contribution is -0.116. The van der Waals surface area contributed by atoms with Crippen molar-refractivity contribution in [1.29, 1.82) is 0 Å². The molecule has 0 saturated carbocycles. The Hall–Kier alpha value is -2.57. The Morgan fingerprint density at radius 1 is 1.00 bits per heavy atom. The molecule has 0 radical (unpaired) electrons. The summed E-state index contributed by atoms with van der Waals surface area (Å²) in [7, 11) is 0. The van der Waals surface area contributed by atoms with Gasteiger partial charge in [0.25, 0.3) is 0 Å². The standard InChI is InChI=1S/C19H16Cl2N4O2/c20-14-4-1-11(7-15(14)21)8-17-23-18(25-24-17)10-27-13-3-5-16-12(9-13)2-6-19(26)22-16/h1,3-5,7,9H,2,6,8,10H2,(H,22,26)(H,23,24,25). The van der Waals surface area contributed by atoms with Gasteiger partial charge in [-0.3, -0.25) is 4.79 Å². The van der Waals surface area contributed by atoms with Crippen molar-refractivity contribution in [2.24, 2.45) is 0 Å². The number of nitrogens with zero attached hydrogens (tertiary/aromatic N) is 2. The van der Waals surface area contributed by atoms with Crippen LogP contribution in [0.5, 0.6) is 5.75 Å². The van der Waals surface area contributed by atoms with Crippen LogP contribution in [-0.2, 0) is 24.2 Å². The number of fused-ring (bicyclic) bond motifs is 1. The smallest absolute Gasteiger partial charge is 0.224 e. The number of H-pyrrole nitrogens is 1. The minimum atomic E-state index is 0.0485. The molecule has 0 unspecified atom stereocenters. The largest absolute Gasteiger partial charge is 0.486 e. The van der Waals surface area contributed by atoms with Crippen LogP contribution in [-0.4, -0.2) is 21.1 Å². The lowest BCUT2D eigenvalue weighted by Gasteiger charge is -2.17. The van der Waals surface area contributed by atoms with Gasteiger partial charge in [0.15, 0.2) is 5.82 Å². The second kappa shape index (κ2) is 7.58. The van der Waals surface area contributed by atoms with Crippen LogP contribution in [0, 0.1) is 0 Å². The summed E-state index contributed by atoms with van der Waals surface area (Å²) in [6, 6.07) is 11.1. The number of carbonyl (C=O) groups excluding carboxylic acids is 1. The van der Waals surface area contributed by atoms with E-state index in [0.717, 1.165) is 28.4 Å². The minimum Gasteiger partial charge on any atom is -0.486 e. The van der Waals surface area contributed by atoms with Gasteiger partial charge in [-0.15, -0.1) is 10.2 Å². The highest BCUT2D eigenvalue weighted by atomic mass is 35.5. The number of amides is 1. The van der Waals surface area contributed by atoms with E-state index in [0.29, 0.717) is 35.1 Å². The summed E-state index contributed by atoms with van der Waals surface area (Å²) in [5.41, 5.74) is 2.91. The molecule has 0 spiro atoms. The van der Waals surface area contributed by atoms with Crippen molar-refractivity contribution in [2.75, 3.05) is 5.32 Å². The molecule has 27 heavy (non-hydrogen) atoms. The number of ether oxygens (including phenoxy) is 1. The van der Waals surface area contributed by atoms with E-state index in [9.17, 15) is 4.79 Å². The Kier molecular flexibility index (Phi) is 5.01. The molecule has 1 aliphatic rings. The fourth-order valence-corrected chi connectivity index (χ4v) is 3.25. The number of halogens is 2. The quantitative estimate of drug-likeness (QED) is 0.670. The number of hydrogen-bond donors (Lipinski definition) is 2. The predicted octanol–water partition coefficient (Wildman–Crippen LogP) is 4.17. The maximum absolute atomic E-state index is 11.4. The first kappa shape index (κ1) is 17.8. The van der Waals surface area contributed by atoms with Crippen LogP contribution >= 0.6 is 23.2 Å². The molecule has 1 aliphatic heterocycles. The van der Waals surface area contributed by atoms with E-state index in [1.54, 1.807) is 6.07 Å². The molecule has 4 rings (SSSR count). The van der Waals surface area contributed by atoms with Crippen molar-refractivity contribution in [3.05, 3.63) is 69.2 Å². The third-order valence-corrected chi connectivity index (χ3v) is 5.02. The third-order valence-electron chi connectivity index (χ3n) is 4.28. The number of nitrogens with one attached hydrogen (secondary N) is 2. The molecule has 2 N–H and O–H groups in total. The summed E-state index contributed by atoms with van der Waals surface area (Å²) in [5.74, 6) is 2.14. The summed E-state index contributed by atoms with van der Waals surface area (Å²) < 4.78 is 5.80. The van der Waals surface area contributed by atoms with Gasteiger partial charge in [-0.05, 0) is 47.9 Å². The Bertz CT molecular complexity index is 1000. The van der Waals surface area contributed by atoms with Gasteiger partial charge >= 0.3 is 0 Å². The molecule has 1 aromatic heterocycles. The molecule has 6 nitrogen and oxygen atoms in total. The lowest BCUT2D eigenvalue weighted by atomic mass is 10.0. The van der Waals surface area contributed by atoms with Crippen molar-refractivity contribution in [1.82, 2.24) is 15.2 Å². The zero-order valence-corrected chi connectivity index (χ0v) is 15.8. The molecule has 3 aromatic rings. The highest BCUT2D eigenvalue weighted by molar-refractivity contribution is 6.42. The molecule has 0 saturated heterocycles. The number of aromatic nitrogens is 3. The predicted molar refractivity (Wildman–Crippen MR) is 103 cm³/mol. The fourth-order valence-electron chi connectivity index (χ4n) is 2.93. The molecule has 0 fully saturated rings. The van der Waals surface area contributed by atoms with Crippen LogP contribution < -0.4 is 10.1 Å². The number of aromatic amines is 1. The minimum absolute atomic E-state index is 0.0485. The summed E-state index contributed by atoms with van der Waals surface area (Å²) in [6.45, 7) is 0.277. The molecule has 0 atom stereocenters. The van der Waals surface area contributed by atoms with Crippen molar-refractivity contribution < 1.29 is 9.53 Å². The van der Waals surface area contributed by atoms with E-state index in [1.807, 2.05) is 30.3 Å². The molecule has 2 aromatic carbocycles. The average molecular weight is 403 g/mol. The number of hydrogen-bond acceptors (Lipinski definition) is 4. The maximum atomic E-state index is 11.4. The molecule has 2 heterocycles. The van der Waals surface area contributed by atoms with Gasteiger partial charge in [0.2, 0.25) is 5.91 Å². The number of aryl methyl sites for hydroxylation is 1. The Labute approximate surface area is 165 Å². The van der Waals surface area contributed by atoms with E-state index in [1.165, 1.54) is 0 Å². The molecule has 138 valence electrons.